The van der Waals surface area contributed by atoms with Crippen molar-refractivity contribution in [3.05, 3.63) is 120 Å². The van der Waals surface area contributed by atoms with Gasteiger partial charge in [-0.05, 0) is 42.3 Å². The van der Waals surface area contributed by atoms with Crippen molar-refractivity contribution < 1.29 is 23.8 Å². The molecule has 3 heterocycles. The van der Waals surface area contributed by atoms with E-state index in [0.717, 1.165) is 33.5 Å². The lowest BCUT2D eigenvalue weighted by atomic mass is 10.1. The maximum absolute atomic E-state index is 13.7. The fraction of sp³-hybridized carbons (Fsp3) is 0.206. The van der Waals surface area contributed by atoms with Gasteiger partial charge in [0, 0.05) is 30.4 Å². The minimum absolute atomic E-state index is 0.0629. The molecule has 1 atom stereocenters. The molecule has 8 heteroatoms. The van der Waals surface area contributed by atoms with E-state index in [1.54, 1.807) is 16.7 Å². The molecule has 6 rings (SSSR count). The van der Waals surface area contributed by atoms with Crippen molar-refractivity contribution in [2.24, 2.45) is 0 Å². The Labute approximate surface area is 244 Å². The molecular weight excluding hydrogens is 530 g/mol. The number of fused-ring (bicyclic) bond motifs is 2. The van der Waals surface area contributed by atoms with Crippen molar-refractivity contribution in [3.8, 4) is 11.6 Å². The number of carbonyl (C=O) groups is 2. The van der Waals surface area contributed by atoms with Crippen LogP contribution < -0.4 is 14.4 Å². The monoisotopic (exact) mass is 561 g/mol. The number of para-hydroxylation sites is 3. The maximum Gasteiger partial charge on any atom is 0.310 e. The Balaban J connectivity index is 1.15. The van der Waals surface area contributed by atoms with Gasteiger partial charge in [-0.1, -0.05) is 60.7 Å². The van der Waals surface area contributed by atoms with Gasteiger partial charge in [0.1, 0.15) is 19.0 Å². The minimum atomic E-state index is -0.350. The molecule has 3 aromatic carbocycles. The molecule has 42 heavy (non-hydrogen) atoms. The van der Waals surface area contributed by atoms with Crippen molar-refractivity contribution in [1.29, 1.82) is 0 Å². The van der Waals surface area contributed by atoms with Crippen LogP contribution in [0.25, 0.3) is 10.9 Å². The summed E-state index contributed by atoms with van der Waals surface area (Å²) >= 11 is 0. The van der Waals surface area contributed by atoms with E-state index in [2.05, 4.69) is 9.88 Å². The quantitative estimate of drug-likeness (QED) is 0.228. The van der Waals surface area contributed by atoms with Gasteiger partial charge in [-0.25, -0.2) is 4.98 Å². The predicted molar refractivity (Wildman–Crippen MR) is 160 cm³/mol. The predicted octanol–water partition coefficient (Wildman–Crippen LogP) is 5.60. The number of pyridine rings is 1. The first-order valence-electron chi connectivity index (χ1n) is 13.9. The first kappa shape index (κ1) is 27.1. The number of likely N-dealkylation sites (N-methyl/N-ethyl adjacent to an activating group) is 1. The van der Waals surface area contributed by atoms with Gasteiger partial charge in [0.05, 0.1) is 29.7 Å². The van der Waals surface area contributed by atoms with Gasteiger partial charge in [-0.15, -0.1) is 0 Å². The SMILES string of the molecule is Cc1c(CC(=O)OCc2ccccc2)c2ccccc2n1C(=O)c1ccc(OC[C@@H]2CN(C)c3ccccc3O2)nc1. The van der Waals surface area contributed by atoms with E-state index in [4.69, 9.17) is 14.2 Å². The van der Waals surface area contributed by atoms with Crippen LogP contribution in [0.2, 0.25) is 0 Å². The van der Waals surface area contributed by atoms with Gasteiger partial charge in [-0.2, -0.15) is 0 Å². The van der Waals surface area contributed by atoms with Crippen LogP contribution in [0.5, 0.6) is 11.6 Å². The van der Waals surface area contributed by atoms with Gasteiger partial charge in [-0.3, -0.25) is 14.2 Å². The molecule has 2 aromatic heterocycles. The second kappa shape index (κ2) is 11.8. The average molecular weight is 562 g/mol. The molecular formula is C34H31N3O5. The lowest BCUT2D eigenvalue weighted by Crippen LogP contribution is -2.41. The molecule has 0 amide bonds. The van der Waals surface area contributed by atoms with Crippen LogP contribution >= 0.6 is 0 Å². The lowest BCUT2D eigenvalue weighted by Gasteiger charge is -2.33. The molecule has 0 fully saturated rings. The van der Waals surface area contributed by atoms with Crippen LogP contribution in [-0.4, -0.2) is 47.7 Å². The van der Waals surface area contributed by atoms with Crippen LogP contribution in [-0.2, 0) is 22.6 Å². The molecule has 1 aliphatic rings. The summed E-state index contributed by atoms with van der Waals surface area (Å²) < 4.78 is 19.2. The fourth-order valence-corrected chi connectivity index (χ4v) is 5.33. The number of benzene rings is 3. The number of nitrogens with zero attached hydrogens (tertiary/aromatic N) is 3. The van der Waals surface area contributed by atoms with Crippen molar-refractivity contribution in [2.45, 2.75) is 26.1 Å². The highest BCUT2D eigenvalue weighted by atomic mass is 16.5. The molecule has 0 N–H and O–H groups in total. The summed E-state index contributed by atoms with van der Waals surface area (Å²) in [6.45, 7) is 3.06. The van der Waals surface area contributed by atoms with Gasteiger partial charge in [0.2, 0.25) is 5.88 Å². The van der Waals surface area contributed by atoms with E-state index in [9.17, 15) is 9.59 Å². The van der Waals surface area contributed by atoms with E-state index in [1.165, 1.54) is 6.20 Å². The molecule has 0 saturated heterocycles. The zero-order valence-corrected chi connectivity index (χ0v) is 23.5. The van der Waals surface area contributed by atoms with Crippen LogP contribution in [0.15, 0.2) is 97.2 Å². The Kier molecular flexibility index (Phi) is 7.60. The third-order valence-electron chi connectivity index (χ3n) is 7.46. The van der Waals surface area contributed by atoms with E-state index >= 15 is 0 Å². The summed E-state index contributed by atoms with van der Waals surface area (Å²) in [5, 5.41) is 0.840. The van der Waals surface area contributed by atoms with Crippen molar-refractivity contribution >= 4 is 28.5 Å². The Morgan fingerprint density at radius 3 is 2.52 bits per heavy atom. The van der Waals surface area contributed by atoms with Gasteiger partial charge < -0.3 is 19.1 Å². The highest BCUT2D eigenvalue weighted by Gasteiger charge is 2.25. The highest BCUT2D eigenvalue weighted by molar-refractivity contribution is 6.04. The molecule has 0 saturated carbocycles. The van der Waals surface area contributed by atoms with Crippen molar-refractivity contribution in [1.82, 2.24) is 9.55 Å². The van der Waals surface area contributed by atoms with E-state index in [-0.39, 0.29) is 31.0 Å². The van der Waals surface area contributed by atoms with Crippen LogP contribution in [0.3, 0.4) is 0 Å². The molecule has 212 valence electrons. The zero-order chi connectivity index (χ0) is 29.1. The van der Waals surface area contributed by atoms with Crippen LogP contribution in [0.1, 0.15) is 27.2 Å². The third kappa shape index (κ3) is 5.56. The molecule has 0 bridgehead atoms. The number of aromatic nitrogens is 2. The molecule has 0 aliphatic carbocycles. The zero-order valence-electron chi connectivity index (χ0n) is 23.5. The number of carbonyl (C=O) groups excluding carboxylic acids is 2. The summed E-state index contributed by atoms with van der Waals surface area (Å²) in [4.78, 5) is 33.0. The van der Waals surface area contributed by atoms with E-state index in [1.807, 2.05) is 92.8 Å². The summed E-state index contributed by atoms with van der Waals surface area (Å²) in [5.74, 6) is 0.650. The summed E-state index contributed by atoms with van der Waals surface area (Å²) in [6, 6.07) is 28.4. The summed E-state index contributed by atoms with van der Waals surface area (Å²) in [7, 11) is 2.03. The molecule has 0 radical (unpaired) electrons. The Morgan fingerprint density at radius 1 is 0.952 bits per heavy atom. The van der Waals surface area contributed by atoms with E-state index < -0.39 is 0 Å². The Bertz CT molecular complexity index is 1730. The fourth-order valence-electron chi connectivity index (χ4n) is 5.33. The molecule has 0 spiro atoms. The van der Waals surface area contributed by atoms with Crippen molar-refractivity contribution in [2.75, 3.05) is 25.1 Å². The van der Waals surface area contributed by atoms with Crippen LogP contribution in [0, 0.1) is 6.92 Å². The highest BCUT2D eigenvalue weighted by Crippen LogP contribution is 2.32. The Hall–Kier alpha value is -5.11. The molecule has 1 aliphatic heterocycles. The standard InChI is InChI=1S/C34H31N3O5/c1-23-28(18-33(38)41-21-24-10-4-3-5-11-24)27-12-6-7-13-29(27)37(23)34(39)25-16-17-32(35-19-25)40-22-26-20-36(2)30-14-8-9-15-31(30)42-26/h3-17,19,26H,18,20-22H2,1-2H3/t26-/m0/s1. The number of rotatable bonds is 8. The summed E-state index contributed by atoms with van der Waals surface area (Å²) in [6.07, 6.45) is 1.43. The number of hydrogen-bond donors (Lipinski definition) is 0. The molecule has 0 unspecified atom stereocenters. The normalized spacial score (nSPS) is 14.2. The topological polar surface area (TPSA) is 82.9 Å². The van der Waals surface area contributed by atoms with E-state index in [0.29, 0.717) is 30.3 Å². The average Bonchev–Trinajstić information content (AvgIpc) is 3.30. The molecule has 5 aromatic rings. The maximum atomic E-state index is 13.7. The first-order valence-corrected chi connectivity index (χ1v) is 13.9. The number of esters is 1. The van der Waals surface area contributed by atoms with Crippen molar-refractivity contribution in [3.63, 3.8) is 0 Å². The minimum Gasteiger partial charge on any atom is -0.483 e. The van der Waals surface area contributed by atoms with Crippen LogP contribution in [0.4, 0.5) is 5.69 Å². The van der Waals surface area contributed by atoms with Gasteiger partial charge >= 0.3 is 5.97 Å². The van der Waals surface area contributed by atoms with Gasteiger partial charge in [0.25, 0.3) is 5.91 Å². The number of hydrogen-bond acceptors (Lipinski definition) is 7. The first-order chi connectivity index (χ1) is 20.5. The summed E-state index contributed by atoms with van der Waals surface area (Å²) in [5.41, 5.74) is 4.57. The third-order valence-corrected chi connectivity index (χ3v) is 7.46. The smallest absolute Gasteiger partial charge is 0.310 e. The molecule has 8 nitrogen and oxygen atoms in total. The number of anilines is 1. The Morgan fingerprint density at radius 2 is 1.71 bits per heavy atom. The lowest BCUT2D eigenvalue weighted by molar-refractivity contribution is -0.144. The second-order valence-electron chi connectivity index (χ2n) is 10.3. The van der Waals surface area contributed by atoms with Gasteiger partial charge in [0.15, 0.2) is 6.10 Å². The second-order valence-corrected chi connectivity index (χ2v) is 10.3. The largest absolute Gasteiger partial charge is 0.483 e. The number of ether oxygens (including phenoxy) is 3.